The van der Waals surface area contributed by atoms with Crippen molar-refractivity contribution >= 4 is 44.5 Å². The van der Waals surface area contributed by atoms with Crippen LogP contribution in [-0.4, -0.2) is 20.9 Å². The van der Waals surface area contributed by atoms with Gasteiger partial charge in [0.2, 0.25) is 0 Å². The van der Waals surface area contributed by atoms with Crippen LogP contribution in [0, 0.1) is 0 Å². The van der Waals surface area contributed by atoms with E-state index in [1.165, 1.54) is 4.31 Å². The normalized spacial score (nSPS) is 14.9. The Balaban J connectivity index is 2.00. The Morgan fingerprint density at radius 3 is 2.33 bits per heavy atom. The third kappa shape index (κ3) is 4.16. The van der Waals surface area contributed by atoms with Crippen molar-refractivity contribution in [2.24, 2.45) is 0 Å². The number of benzene rings is 3. The van der Waals surface area contributed by atoms with Crippen LogP contribution in [0.3, 0.4) is 0 Å². The number of para-hydroxylation sites is 1. The zero-order valence-corrected chi connectivity index (χ0v) is 20.2. The van der Waals surface area contributed by atoms with E-state index >= 15 is 0 Å². The Morgan fingerprint density at radius 1 is 1.00 bits per heavy atom. The summed E-state index contributed by atoms with van der Waals surface area (Å²) >= 11 is 6.31. The Kier molecular flexibility index (Phi) is 6.32. The maximum atomic E-state index is 13.8. The summed E-state index contributed by atoms with van der Waals surface area (Å²) < 4.78 is 28.9. The summed E-state index contributed by atoms with van der Waals surface area (Å²) in [6, 6.07) is 21.6. The van der Waals surface area contributed by atoms with Gasteiger partial charge in [-0.15, -0.1) is 0 Å². The Labute approximate surface area is 199 Å². The van der Waals surface area contributed by atoms with Crippen molar-refractivity contribution in [3.05, 3.63) is 99.4 Å². The minimum atomic E-state index is -4.13. The molecule has 1 aliphatic rings. The molecular weight excluding hydrogens is 456 g/mol. The van der Waals surface area contributed by atoms with E-state index in [4.69, 9.17) is 11.6 Å². The molecule has 0 fully saturated rings. The van der Waals surface area contributed by atoms with Crippen molar-refractivity contribution in [1.82, 2.24) is 0 Å². The molecule has 1 aliphatic heterocycles. The number of anilines is 2. The summed E-state index contributed by atoms with van der Waals surface area (Å²) in [7, 11) is -4.13. The fourth-order valence-corrected chi connectivity index (χ4v) is 6.09. The van der Waals surface area contributed by atoms with Crippen molar-refractivity contribution in [3.8, 4) is 0 Å². The van der Waals surface area contributed by atoms with Gasteiger partial charge in [0.05, 0.1) is 5.69 Å². The predicted octanol–water partition coefficient (Wildman–Crippen LogP) is 6.03. The standard InChI is InChI=1S/C26H25ClN2O3S/c1-4-29-23-15-14-19(27)16-21(23)24(18-10-6-5-7-11-18)25(33(29,31)32)26(30)28-22-13-9-8-12-20(22)17(2)3/h5-17H,4H2,1-3H3,(H,28,30). The van der Waals surface area contributed by atoms with Crippen molar-refractivity contribution in [2.45, 2.75) is 26.7 Å². The van der Waals surface area contributed by atoms with Gasteiger partial charge >= 0.3 is 0 Å². The van der Waals surface area contributed by atoms with Crippen molar-refractivity contribution in [3.63, 3.8) is 0 Å². The number of nitrogens with zero attached hydrogens (tertiary/aromatic N) is 1. The second kappa shape index (κ2) is 9.04. The predicted molar refractivity (Wildman–Crippen MR) is 135 cm³/mol. The quantitative estimate of drug-likeness (QED) is 0.484. The molecule has 7 heteroatoms. The molecule has 0 aliphatic carbocycles. The first-order chi connectivity index (χ1) is 15.8. The van der Waals surface area contributed by atoms with Crippen molar-refractivity contribution in [1.29, 1.82) is 0 Å². The molecule has 33 heavy (non-hydrogen) atoms. The van der Waals surface area contributed by atoms with Crippen LogP contribution >= 0.6 is 11.6 Å². The van der Waals surface area contributed by atoms with Crippen LogP contribution in [-0.2, 0) is 14.8 Å². The smallest absolute Gasteiger partial charge is 0.270 e. The Morgan fingerprint density at radius 2 is 1.67 bits per heavy atom. The molecule has 1 heterocycles. The highest BCUT2D eigenvalue weighted by Crippen LogP contribution is 2.44. The number of hydrogen-bond donors (Lipinski definition) is 1. The van der Waals surface area contributed by atoms with E-state index < -0.39 is 15.9 Å². The molecule has 0 saturated heterocycles. The first kappa shape index (κ1) is 23.1. The highest BCUT2D eigenvalue weighted by atomic mass is 35.5. The summed E-state index contributed by atoms with van der Waals surface area (Å²) in [6.45, 7) is 5.97. The molecule has 0 unspecified atom stereocenters. The number of halogens is 1. The third-order valence-corrected chi connectivity index (χ3v) is 7.83. The molecule has 0 aromatic heterocycles. The van der Waals surface area contributed by atoms with Crippen LogP contribution in [0.5, 0.6) is 0 Å². The van der Waals surface area contributed by atoms with Gasteiger partial charge in [-0.1, -0.05) is 74.0 Å². The monoisotopic (exact) mass is 480 g/mol. The average molecular weight is 481 g/mol. The van der Waals surface area contributed by atoms with Gasteiger partial charge in [0.25, 0.3) is 15.9 Å². The second-order valence-corrected chi connectivity index (χ2v) is 10.3. The first-order valence-electron chi connectivity index (χ1n) is 10.8. The fraction of sp³-hybridized carbons (Fsp3) is 0.192. The lowest BCUT2D eigenvalue weighted by atomic mass is 9.95. The molecule has 3 aromatic rings. The fourth-order valence-electron chi connectivity index (χ4n) is 4.17. The van der Waals surface area contributed by atoms with Gasteiger partial charge in [-0.2, -0.15) is 0 Å². The molecule has 0 spiro atoms. The van der Waals surface area contributed by atoms with E-state index in [0.717, 1.165) is 5.56 Å². The highest BCUT2D eigenvalue weighted by Gasteiger charge is 2.41. The summed E-state index contributed by atoms with van der Waals surface area (Å²) in [5.74, 6) is -0.523. The lowest BCUT2D eigenvalue weighted by Crippen LogP contribution is -2.39. The molecule has 4 rings (SSSR count). The molecule has 1 amide bonds. The van der Waals surface area contributed by atoms with Gasteiger partial charge < -0.3 is 5.32 Å². The molecule has 0 atom stereocenters. The SMILES string of the molecule is CCN1c2ccc(Cl)cc2C(c2ccccc2)=C(C(=O)Nc2ccccc2C(C)C)S1(=O)=O. The van der Waals surface area contributed by atoms with E-state index in [1.807, 2.05) is 50.2 Å². The zero-order valence-electron chi connectivity index (χ0n) is 18.7. The van der Waals surface area contributed by atoms with E-state index in [0.29, 0.717) is 33.1 Å². The number of nitrogens with one attached hydrogen (secondary N) is 1. The van der Waals surface area contributed by atoms with Crippen molar-refractivity contribution in [2.75, 3.05) is 16.2 Å². The van der Waals surface area contributed by atoms with E-state index in [2.05, 4.69) is 5.32 Å². The molecule has 0 bridgehead atoms. The Hall–Kier alpha value is -3.09. The van der Waals surface area contributed by atoms with Gasteiger partial charge in [0.15, 0.2) is 4.91 Å². The van der Waals surface area contributed by atoms with Crippen LogP contribution in [0.2, 0.25) is 5.02 Å². The van der Waals surface area contributed by atoms with E-state index in [9.17, 15) is 13.2 Å². The minimum Gasteiger partial charge on any atom is -0.321 e. The number of sulfonamides is 1. The van der Waals surface area contributed by atoms with E-state index in [1.54, 1.807) is 43.3 Å². The van der Waals surface area contributed by atoms with Gasteiger partial charge in [-0.3, -0.25) is 9.10 Å². The highest BCUT2D eigenvalue weighted by molar-refractivity contribution is 7.97. The molecule has 0 radical (unpaired) electrons. The van der Waals surface area contributed by atoms with Gasteiger partial charge in [0, 0.05) is 28.4 Å². The number of hydrogen-bond acceptors (Lipinski definition) is 3. The number of amides is 1. The largest absolute Gasteiger partial charge is 0.321 e. The summed E-state index contributed by atoms with van der Waals surface area (Å²) in [4.78, 5) is 13.4. The second-order valence-electron chi connectivity index (χ2n) is 8.10. The van der Waals surface area contributed by atoms with Crippen molar-refractivity contribution < 1.29 is 13.2 Å². The summed E-state index contributed by atoms with van der Waals surface area (Å²) in [5.41, 5.74) is 3.59. The van der Waals surface area contributed by atoms with Crippen LogP contribution in [0.15, 0.2) is 77.7 Å². The van der Waals surface area contributed by atoms with Crippen LogP contribution < -0.4 is 9.62 Å². The molecule has 5 nitrogen and oxygen atoms in total. The number of carbonyl (C=O) groups excluding carboxylic acids is 1. The maximum absolute atomic E-state index is 13.8. The first-order valence-corrected chi connectivity index (χ1v) is 12.6. The molecule has 0 saturated carbocycles. The molecule has 3 aromatic carbocycles. The third-order valence-electron chi connectivity index (χ3n) is 5.66. The van der Waals surface area contributed by atoms with Gasteiger partial charge in [-0.25, -0.2) is 8.42 Å². The van der Waals surface area contributed by atoms with Gasteiger partial charge in [-0.05, 0) is 48.2 Å². The van der Waals surface area contributed by atoms with Crippen LogP contribution in [0.1, 0.15) is 43.4 Å². The lowest BCUT2D eigenvalue weighted by Gasteiger charge is -2.33. The molecule has 1 N–H and O–H groups in total. The lowest BCUT2D eigenvalue weighted by molar-refractivity contribution is -0.112. The average Bonchev–Trinajstić information content (AvgIpc) is 2.78. The summed E-state index contributed by atoms with van der Waals surface area (Å²) in [6.07, 6.45) is 0. The minimum absolute atomic E-state index is 0.152. The van der Waals surface area contributed by atoms with Crippen LogP contribution in [0.25, 0.3) is 5.57 Å². The van der Waals surface area contributed by atoms with Gasteiger partial charge in [0.1, 0.15) is 0 Å². The topological polar surface area (TPSA) is 66.5 Å². The molecular formula is C26H25ClN2O3S. The molecule has 170 valence electrons. The zero-order chi connectivity index (χ0) is 23.8. The maximum Gasteiger partial charge on any atom is 0.270 e. The van der Waals surface area contributed by atoms with Crippen LogP contribution in [0.4, 0.5) is 11.4 Å². The van der Waals surface area contributed by atoms with E-state index in [-0.39, 0.29) is 17.4 Å². The number of carbonyl (C=O) groups is 1. The number of rotatable bonds is 5. The number of fused-ring (bicyclic) bond motifs is 1. The summed E-state index contributed by atoms with van der Waals surface area (Å²) in [5, 5.41) is 3.33. The Bertz CT molecular complexity index is 1350.